The van der Waals surface area contributed by atoms with Crippen molar-refractivity contribution in [1.82, 2.24) is 9.88 Å². The number of rotatable bonds is 9. The number of hydrogen-bond donors (Lipinski definition) is 2. The number of aromatic amines is 1. The van der Waals surface area contributed by atoms with Gasteiger partial charge in [0.25, 0.3) is 0 Å². The average Bonchev–Trinajstić information content (AvgIpc) is 3.29. The van der Waals surface area contributed by atoms with Gasteiger partial charge in [0.05, 0.1) is 24.2 Å². The Bertz CT molecular complexity index is 1240. The van der Waals surface area contributed by atoms with E-state index in [1.807, 2.05) is 0 Å². The Morgan fingerprint density at radius 1 is 1.09 bits per heavy atom. The number of aromatic nitrogens is 1. The number of H-pyrrole nitrogens is 1. The Kier molecular flexibility index (Phi) is 7.17. The van der Waals surface area contributed by atoms with E-state index in [2.05, 4.69) is 4.98 Å². The third-order valence-corrected chi connectivity index (χ3v) is 7.89. The molecule has 3 heterocycles. The minimum atomic E-state index is -1.29. The number of carbonyl (C=O) groups is 4. The van der Waals surface area contributed by atoms with E-state index in [-0.39, 0.29) is 23.8 Å². The number of likely N-dealkylation sites (tertiary alicyclic amines) is 1. The highest BCUT2D eigenvalue weighted by molar-refractivity contribution is 8.00. The number of aliphatic carboxylic acids is 1. The van der Waals surface area contributed by atoms with E-state index < -0.39 is 47.4 Å². The van der Waals surface area contributed by atoms with Crippen LogP contribution < -0.4 is 14.3 Å². The van der Waals surface area contributed by atoms with E-state index >= 15 is 0 Å². The quantitative estimate of drug-likeness (QED) is 0.366. The maximum absolute atomic E-state index is 13.2. The molecule has 2 amide bonds. The Labute approximate surface area is 207 Å². The summed E-state index contributed by atoms with van der Waals surface area (Å²) in [5.74, 6) is -4.03. The van der Waals surface area contributed by atoms with Crippen molar-refractivity contribution < 1.29 is 38.5 Å². The number of hydrogen-bond acceptors (Lipinski definition) is 10. The van der Waals surface area contributed by atoms with Crippen molar-refractivity contribution in [2.24, 2.45) is 5.92 Å². The maximum atomic E-state index is 13.2. The van der Waals surface area contributed by atoms with Gasteiger partial charge in [-0.3, -0.25) is 24.1 Å². The number of esters is 1. The van der Waals surface area contributed by atoms with Crippen molar-refractivity contribution in [2.75, 3.05) is 26.4 Å². The fourth-order valence-corrected chi connectivity index (χ4v) is 6.71. The molecule has 1 fully saturated rings. The monoisotopic (exact) mass is 522 g/mol. The van der Waals surface area contributed by atoms with Crippen LogP contribution in [0.2, 0.25) is 0 Å². The van der Waals surface area contributed by atoms with Crippen LogP contribution in [0.3, 0.4) is 0 Å². The average molecular weight is 523 g/mol. The van der Waals surface area contributed by atoms with Gasteiger partial charge < -0.3 is 24.3 Å². The van der Waals surface area contributed by atoms with E-state index in [1.165, 1.54) is 0 Å². The number of ether oxygens (including phenoxy) is 3. The van der Waals surface area contributed by atoms with Crippen LogP contribution in [0.25, 0.3) is 0 Å². The van der Waals surface area contributed by atoms with Crippen molar-refractivity contribution in [3.63, 3.8) is 0 Å². The SMILES string of the molecule is CCOC(=O)COc1ccc([C@@H]2c3sc(=O)[nH]c3S[C@@H]3C(=O)N(CC(=O)O)C(=O)[C@H]23)cc1OCC. The lowest BCUT2D eigenvalue weighted by Crippen LogP contribution is -2.36. The molecule has 0 aliphatic carbocycles. The number of carbonyl (C=O) groups excluding carboxylic acids is 3. The first kappa shape index (κ1) is 24.8. The number of carboxylic acid groups (broad SMARTS) is 1. The normalized spacial score (nSPS) is 20.9. The molecule has 3 atom stereocenters. The van der Waals surface area contributed by atoms with Crippen molar-refractivity contribution in [3.8, 4) is 11.5 Å². The minimum absolute atomic E-state index is 0.217. The first-order chi connectivity index (χ1) is 16.7. The summed E-state index contributed by atoms with van der Waals surface area (Å²) in [4.78, 5) is 65.0. The molecule has 2 N–H and O–H groups in total. The molecule has 2 aliphatic heterocycles. The maximum Gasteiger partial charge on any atom is 0.344 e. The molecule has 0 radical (unpaired) electrons. The van der Waals surface area contributed by atoms with Crippen LogP contribution >= 0.6 is 23.1 Å². The number of benzene rings is 1. The molecule has 13 heteroatoms. The molecule has 186 valence electrons. The van der Waals surface area contributed by atoms with E-state index in [9.17, 15) is 29.1 Å². The van der Waals surface area contributed by atoms with Crippen LogP contribution in [0.4, 0.5) is 0 Å². The Hall–Kier alpha value is -3.32. The predicted molar refractivity (Wildman–Crippen MR) is 124 cm³/mol. The number of amides is 2. The third-order valence-electron chi connectivity index (χ3n) is 5.49. The fraction of sp³-hybridized carbons (Fsp3) is 0.409. The van der Waals surface area contributed by atoms with Crippen molar-refractivity contribution in [1.29, 1.82) is 0 Å². The zero-order chi connectivity index (χ0) is 25.3. The second-order valence-corrected chi connectivity index (χ2v) is 9.81. The molecule has 1 aromatic carbocycles. The molecule has 0 spiro atoms. The van der Waals surface area contributed by atoms with Crippen LogP contribution in [-0.4, -0.2) is 70.4 Å². The van der Waals surface area contributed by atoms with Gasteiger partial charge in [0.2, 0.25) is 11.8 Å². The highest BCUT2D eigenvalue weighted by atomic mass is 32.2. The van der Waals surface area contributed by atoms with Gasteiger partial charge in [-0.25, -0.2) is 4.79 Å². The van der Waals surface area contributed by atoms with Gasteiger partial charge in [-0.15, -0.1) is 0 Å². The second kappa shape index (κ2) is 10.1. The molecule has 0 saturated carbocycles. The molecule has 2 aromatic rings. The number of nitrogens with zero attached hydrogens (tertiary/aromatic N) is 1. The molecule has 1 saturated heterocycles. The third kappa shape index (κ3) is 4.78. The zero-order valence-electron chi connectivity index (χ0n) is 18.8. The van der Waals surface area contributed by atoms with Crippen LogP contribution in [-0.2, 0) is 23.9 Å². The van der Waals surface area contributed by atoms with Gasteiger partial charge in [-0.1, -0.05) is 29.2 Å². The first-order valence-corrected chi connectivity index (χ1v) is 12.5. The van der Waals surface area contributed by atoms with Crippen molar-refractivity contribution >= 4 is 46.9 Å². The van der Waals surface area contributed by atoms with E-state index in [1.54, 1.807) is 32.0 Å². The number of fused-ring (bicyclic) bond motifs is 2. The summed E-state index contributed by atoms with van der Waals surface area (Å²) in [6.07, 6.45) is 0. The summed E-state index contributed by atoms with van der Waals surface area (Å²) in [7, 11) is 0. The molecule has 2 aliphatic rings. The molecule has 1 aromatic heterocycles. The van der Waals surface area contributed by atoms with Gasteiger partial charge in [-0.2, -0.15) is 0 Å². The highest BCUT2D eigenvalue weighted by Crippen LogP contribution is 2.53. The predicted octanol–water partition coefficient (Wildman–Crippen LogP) is 1.45. The molecule has 11 nitrogen and oxygen atoms in total. The summed E-state index contributed by atoms with van der Waals surface area (Å²) in [5, 5.41) is 8.79. The van der Waals surface area contributed by atoms with Crippen LogP contribution in [0.15, 0.2) is 28.0 Å². The number of thioether (sulfide) groups is 1. The highest BCUT2D eigenvalue weighted by Gasteiger charge is 2.56. The lowest BCUT2D eigenvalue weighted by molar-refractivity contribution is -0.149. The molecule has 35 heavy (non-hydrogen) atoms. The van der Waals surface area contributed by atoms with Crippen molar-refractivity contribution in [2.45, 2.75) is 30.0 Å². The lowest BCUT2D eigenvalue weighted by atomic mass is 9.83. The van der Waals surface area contributed by atoms with E-state index in [0.29, 0.717) is 27.8 Å². The molecular formula is C22H22N2O9S2. The van der Waals surface area contributed by atoms with Gasteiger partial charge in [0, 0.05) is 10.8 Å². The standard InChI is InChI=1S/C22H22N2O9S2/c1-3-31-12-7-10(5-6-11(12)33-9-14(27)32-4-2)15-16-18(34-19-17(15)35-22(30)23-19)21(29)24(20(16)28)8-13(25)26/h5-7,15-16,18H,3-4,8-9H2,1-2H3,(H,23,30)(H,25,26)/t15-,16+,18-/m0/s1. The van der Waals surface area contributed by atoms with E-state index in [4.69, 9.17) is 14.2 Å². The Balaban J connectivity index is 1.74. The largest absolute Gasteiger partial charge is 0.490 e. The van der Waals surface area contributed by atoms with Crippen LogP contribution in [0.5, 0.6) is 11.5 Å². The smallest absolute Gasteiger partial charge is 0.344 e. The lowest BCUT2D eigenvalue weighted by Gasteiger charge is -2.30. The molecule has 0 unspecified atom stereocenters. The molecule has 4 rings (SSSR count). The minimum Gasteiger partial charge on any atom is -0.490 e. The first-order valence-electron chi connectivity index (χ1n) is 10.8. The van der Waals surface area contributed by atoms with Gasteiger partial charge in [-0.05, 0) is 31.5 Å². The summed E-state index contributed by atoms with van der Waals surface area (Å²) < 4.78 is 16.1. The van der Waals surface area contributed by atoms with Crippen LogP contribution in [0, 0.1) is 5.92 Å². The summed E-state index contributed by atoms with van der Waals surface area (Å²) >= 11 is 2.01. The Morgan fingerprint density at radius 2 is 1.86 bits per heavy atom. The number of carboxylic acids is 1. The van der Waals surface area contributed by atoms with Crippen molar-refractivity contribution in [3.05, 3.63) is 38.3 Å². The molecule has 0 bridgehead atoms. The Morgan fingerprint density at radius 3 is 2.54 bits per heavy atom. The summed E-state index contributed by atoms with van der Waals surface area (Å²) in [5.41, 5.74) is 0.585. The zero-order valence-corrected chi connectivity index (χ0v) is 20.4. The number of imide groups is 1. The van der Waals surface area contributed by atoms with Gasteiger partial charge in [0.1, 0.15) is 11.8 Å². The summed E-state index contributed by atoms with van der Waals surface area (Å²) in [6, 6.07) is 4.90. The number of nitrogens with one attached hydrogen (secondary N) is 1. The summed E-state index contributed by atoms with van der Waals surface area (Å²) in [6.45, 7) is 2.91. The van der Waals surface area contributed by atoms with Gasteiger partial charge >= 0.3 is 16.8 Å². The number of thiazole rings is 1. The fourth-order valence-electron chi connectivity index (χ4n) is 4.17. The van der Waals surface area contributed by atoms with Crippen LogP contribution in [0.1, 0.15) is 30.2 Å². The van der Waals surface area contributed by atoms with Gasteiger partial charge in [0.15, 0.2) is 18.1 Å². The second-order valence-electron chi connectivity index (χ2n) is 7.64. The molecular weight excluding hydrogens is 500 g/mol. The van der Waals surface area contributed by atoms with E-state index in [0.717, 1.165) is 28.0 Å². The topological polar surface area (TPSA) is 152 Å².